The fourth-order valence-electron chi connectivity index (χ4n) is 2.80. The van der Waals surface area contributed by atoms with Crippen molar-refractivity contribution in [1.29, 1.82) is 0 Å². The third kappa shape index (κ3) is 5.53. The van der Waals surface area contributed by atoms with Gasteiger partial charge in [0.05, 0.1) is 6.04 Å². The zero-order valence-corrected chi connectivity index (χ0v) is 15.9. The summed E-state index contributed by atoms with van der Waals surface area (Å²) in [5, 5.41) is 14.2. The molecule has 152 valence electrons. The van der Waals surface area contributed by atoms with Gasteiger partial charge in [0.1, 0.15) is 18.7 Å². The predicted octanol–water partition coefficient (Wildman–Crippen LogP) is 0.882. The monoisotopic (exact) mass is 391 g/mol. The van der Waals surface area contributed by atoms with Crippen LogP contribution in [0.4, 0.5) is 4.79 Å². The van der Waals surface area contributed by atoms with E-state index in [9.17, 15) is 19.2 Å². The molecule has 0 unspecified atom stereocenters. The van der Waals surface area contributed by atoms with E-state index in [2.05, 4.69) is 10.6 Å². The molecule has 1 saturated heterocycles. The Labute approximate surface area is 163 Å². The van der Waals surface area contributed by atoms with Crippen molar-refractivity contribution in [2.75, 3.05) is 6.54 Å². The summed E-state index contributed by atoms with van der Waals surface area (Å²) in [6.45, 7) is 3.24. The number of hydrogen-bond acceptors (Lipinski definition) is 6. The molecule has 3 atom stereocenters. The Bertz CT molecular complexity index is 718. The first kappa shape index (κ1) is 21.4. The van der Waals surface area contributed by atoms with E-state index in [1.54, 1.807) is 24.3 Å². The molecule has 0 spiro atoms. The molecule has 0 aromatic heterocycles. The zero-order valence-electron chi connectivity index (χ0n) is 15.9. The number of rotatable bonds is 7. The van der Waals surface area contributed by atoms with Gasteiger partial charge in [0.25, 0.3) is 0 Å². The van der Waals surface area contributed by atoms with Crippen LogP contribution in [0.3, 0.4) is 0 Å². The lowest BCUT2D eigenvalue weighted by Gasteiger charge is -2.28. The molecule has 1 aromatic carbocycles. The second-order valence-electron chi connectivity index (χ2n) is 6.64. The Morgan fingerprint density at radius 2 is 1.93 bits per heavy atom. The first-order valence-electron chi connectivity index (χ1n) is 9.11. The molecule has 0 bridgehead atoms. The van der Waals surface area contributed by atoms with Crippen LogP contribution < -0.4 is 10.6 Å². The van der Waals surface area contributed by atoms with Crippen LogP contribution in [0.15, 0.2) is 30.3 Å². The van der Waals surface area contributed by atoms with E-state index in [1.165, 1.54) is 13.8 Å². The number of carboxylic acid groups (broad SMARTS) is 1. The van der Waals surface area contributed by atoms with Crippen LogP contribution in [0.1, 0.15) is 32.3 Å². The number of hydrogen-bond donors (Lipinski definition) is 3. The van der Waals surface area contributed by atoms with Gasteiger partial charge in [0, 0.05) is 0 Å². The Hall–Kier alpha value is -2.94. The lowest BCUT2D eigenvalue weighted by molar-refractivity contribution is -0.143. The number of carbonyl (C=O) groups excluding carboxylic acids is 3. The third-order valence-corrected chi connectivity index (χ3v) is 4.49. The average molecular weight is 391 g/mol. The van der Waals surface area contributed by atoms with Crippen molar-refractivity contribution in [3.63, 3.8) is 0 Å². The van der Waals surface area contributed by atoms with E-state index in [4.69, 9.17) is 9.84 Å². The Morgan fingerprint density at radius 1 is 1.25 bits per heavy atom. The van der Waals surface area contributed by atoms with Crippen molar-refractivity contribution < 1.29 is 29.0 Å². The van der Waals surface area contributed by atoms with E-state index in [1.807, 2.05) is 6.07 Å². The van der Waals surface area contributed by atoms with Gasteiger partial charge in [-0.1, -0.05) is 30.3 Å². The van der Waals surface area contributed by atoms with Gasteiger partial charge < -0.3 is 20.5 Å². The SMILES string of the molecule is C[C@H](NC(=O)[C@H](C)N(C(=O)OCc1ccccc1)C(=O)[C@@H]1CCCN1)C(=O)O. The topological polar surface area (TPSA) is 125 Å². The maximum absolute atomic E-state index is 12.8. The number of nitrogens with zero attached hydrogens (tertiary/aromatic N) is 1. The summed E-state index contributed by atoms with van der Waals surface area (Å²) in [6.07, 6.45) is 0.370. The molecule has 1 aromatic rings. The standard InChI is InChI=1S/C19H25N3O6/c1-12(18(25)26)21-16(23)13(2)22(17(24)15-9-6-10-20-15)19(27)28-11-14-7-4-3-5-8-14/h3-5,7-8,12-13,15,20H,6,9-11H2,1-2H3,(H,21,23)(H,25,26)/t12-,13-,15-/m0/s1. The van der Waals surface area contributed by atoms with Crippen molar-refractivity contribution in [3.05, 3.63) is 35.9 Å². The van der Waals surface area contributed by atoms with Gasteiger partial charge in [-0.3, -0.25) is 14.4 Å². The predicted molar refractivity (Wildman–Crippen MR) is 99.2 cm³/mol. The highest BCUT2D eigenvalue weighted by atomic mass is 16.6. The number of ether oxygens (including phenoxy) is 1. The molecule has 0 radical (unpaired) electrons. The minimum atomic E-state index is -1.22. The number of imide groups is 1. The number of aliphatic carboxylic acids is 1. The summed E-state index contributed by atoms with van der Waals surface area (Å²) in [7, 11) is 0. The highest BCUT2D eigenvalue weighted by Crippen LogP contribution is 2.14. The van der Waals surface area contributed by atoms with E-state index < -0.39 is 42.0 Å². The van der Waals surface area contributed by atoms with Crippen LogP contribution in [0.2, 0.25) is 0 Å². The van der Waals surface area contributed by atoms with E-state index in [0.717, 1.165) is 16.9 Å². The normalized spacial score (nSPS) is 18.0. The molecule has 28 heavy (non-hydrogen) atoms. The quantitative estimate of drug-likeness (QED) is 0.630. The molecule has 3 amide bonds. The van der Waals surface area contributed by atoms with E-state index in [0.29, 0.717) is 13.0 Å². The van der Waals surface area contributed by atoms with Crippen molar-refractivity contribution >= 4 is 23.9 Å². The van der Waals surface area contributed by atoms with Crippen LogP contribution in [0.25, 0.3) is 0 Å². The molecule has 1 aliphatic heterocycles. The molecular formula is C19H25N3O6. The smallest absolute Gasteiger partial charge is 0.417 e. The van der Waals surface area contributed by atoms with Gasteiger partial charge in [-0.25, -0.2) is 9.69 Å². The third-order valence-electron chi connectivity index (χ3n) is 4.49. The number of carboxylic acids is 1. The lowest BCUT2D eigenvalue weighted by Crippen LogP contribution is -2.56. The van der Waals surface area contributed by atoms with E-state index in [-0.39, 0.29) is 6.61 Å². The summed E-state index contributed by atoms with van der Waals surface area (Å²) in [6, 6.07) is 5.97. The highest BCUT2D eigenvalue weighted by molar-refractivity contribution is 6.00. The van der Waals surface area contributed by atoms with Crippen molar-refractivity contribution in [3.8, 4) is 0 Å². The fourth-order valence-corrected chi connectivity index (χ4v) is 2.80. The second-order valence-corrected chi connectivity index (χ2v) is 6.64. The maximum Gasteiger partial charge on any atom is 0.417 e. The number of carbonyl (C=O) groups is 4. The van der Waals surface area contributed by atoms with Crippen LogP contribution >= 0.6 is 0 Å². The first-order valence-corrected chi connectivity index (χ1v) is 9.11. The number of nitrogens with one attached hydrogen (secondary N) is 2. The summed E-state index contributed by atoms with van der Waals surface area (Å²) in [5.41, 5.74) is 0.735. The molecule has 0 aliphatic carbocycles. The second kappa shape index (κ2) is 9.84. The lowest BCUT2D eigenvalue weighted by atomic mass is 10.1. The minimum absolute atomic E-state index is 0.0542. The largest absolute Gasteiger partial charge is 0.480 e. The fraction of sp³-hybridized carbons (Fsp3) is 0.474. The molecule has 1 heterocycles. The van der Waals surface area contributed by atoms with Gasteiger partial charge in [-0.2, -0.15) is 0 Å². The minimum Gasteiger partial charge on any atom is -0.480 e. The maximum atomic E-state index is 12.8. The van der Waals surface area contributed by atoms with Crippen molar-refractivity contribution in [2.24, 2.45) is 0 Å². The number of benzene rings is 1. The Morgan fingerprint density at radius 3 is 2.50 bits per heavy atom. The molecule has 2 rings (SSSR count). The van der Waals surface area contributed by atoms with Gasteiger partial charge in [-0.05, 0) is 38.8 Å². The van der Waals surface area contributed by atoms with Crippen molar-refractivity contribution in [2.45, 2.75) is 51.4 Å². The van der Waals surface area contributed by atoms with Crippen LogP contribution in [-0.2, 0) is 25.7 Å². The van der Waals surface area contributed by atoms with Crippen LogP contribution in [0.5, 0.6) is 0 Å². The Kier molecular flexibility index (Phi) is 7.51. The van der Waals surface area contributed by atoms with Gasteiger partial charge in [-0.15, -0.1) is 0 Å². The van der Waals surface area contributed by atoms with Gasteiger partial charge in [0.2, 0.25) is 11.8 Å². The summed E-state index contributed by atoms with van der Waals surface area (Å²) in [4.78, 5) is 49.6. The molecule has 0 saturated carbocycles. The van der Waals surface area contributed by atoms with Gasteiger partial charge >= 0.3 is 12.1 Å². The first-order chi connectivity index (χ1) is 13.3. The molecule has 1 aliphatic rings. The number of amides is 3. The molecule has 1 fully saturated rings. The highest BCUT2D eigenvalue weighted by Gasteiger charge is 2.38. The van der Waals surface area contributed by atoms with Crippen LogP contribution in [0, 0.1) is 0 Å². The molecular weight excluding hydrogens is 366 g/mol. The van der Waals surface area contributed by atoms with Crippen LogP contribution in [-0.4, -0.2) is 58.6 Å². The van der Waals surface area contributed by atoms with Crippen molar-refractivity contribution in [1.82, 2.24) is 15.5 Å². The zero-order chi connectivity index (χ0) is 20.7. The average Bonchev–Trinajstić information content (AvgIpc) is 3.21. The van der Waals surface area contributed by atoms with Gasteiger partial charge in [0.15, 0.2) is 0 Å². The molecule has 9 nitrogen and oxygen atoms in total. The Balaban J connectivity index is 2.13. The summed E-state index contributed by atoms with van der Waals surface area (Å²) >= 11 is 0. The molecule has 3 N–H and O–H groups in total. The summed E-state index contributed by atoms with van der Waals surface area (Å²) < 4.78 is 5.24. The summed E-state index contributed by atoms with van der Waals surface area (Å²) in [5.74, 6) is -2.54. The molecule has 9 heteroatoms. The van der Waals surface area contributed by atoms with E-state index >= 15 is 0 Å².